The van der Waals surface area contributed by atoms with E-state index in [0.717, 1.165) is 24.0 Å². The highest BCUT2D eigenvalue weighted by Gasteiger charge is 2.18. The largest absolute Gasteiger partial charge is 0.453 e. The molecule has 3 nitrogen and oxygen atoms in total. The molecule has 1 aromatic heterocycles. The number of thiophene rings is 1. The molecule has 0 fully saturated rings. The third kappa shape index (κ3) is 4.23. The van der Waals surface area contributed by atoms with Gasteiger partial charge in [-0.15, -0.1) is 11.3 Å². The lowest BCUT2D eigenvalue weighted by Gasteiger charge is -2.05. The van der Waals surface area contributed by atoms with Crippen molar-refractivity contribution in [2.75, 3.05) is 6.61 Å². The third-order valence-electron chi connectivity index (χ3n) is 5.10. The van der Waals surface area contributed by atoms with Gasteiger partial charge in [0.1, 0.15) is 4.88 Å². The maximum atomic E-state index is 12.4. The number of carbonyl (C=O) groups excluding carboxylic acids is 2. The Morgan fingerprint density at radius 2 is 1.57 bits per heavy atom. The molecular formula is C24H22O3S. The van der Waals surface area contributed by atoms with E-state index in [1.807, 2.05) is 48.5 Å². The van der Waals surface area contributed by atoms with Crippen molar-refractivity contribution >= 4 is 23.1 Å². The quantitative estimate of drug-likeness (QED) is 0.318. The molecule has 4 rings (SSSR count). The number of rotatable bonds is 5. The summed E-state index contributed by atoms with van der Waals surface area (Å²) in [5.41, 5.74) is 3.98. The zero-order valence-corrected chi connectivity index (χ0v) is 16.5. The van der Waals surface area contributed by atoms with Crippen molar-refractivity contribution in [3.8, 4) is 11.1 Å². The van der Waals surface area contributed by atoms with Gasteiger partial charge in [-0.25, -0.2) is 4.79 Å². The lowest BCUT2D eigenvalue weighted by Crippen LogP contribution is -2.13. The summed E-state index contributed by atoms with van der Waals surface area (Å²) >= 11 is 1.52. The molecule has 28 heavy (non-hydrogen) atoms. The fourth-order valence-corrected chi connectivity index (χ4v) is 4.68. The third-order valence-corrected chi connectivity index (χ3v) is 6.31. The van der Waals surface area contributed by atoms with Crippen LogP contribution in [0.15, 0.2) is 60.7 Å². The second-order valence-electron chi connectivity index (χ2n) is 7.06. The van der Waals surface area contributed by atoms with Crippen LogP contribution in [-0.4, -0.2) is 18.4 Å². The molecule has 0 radical (unpaired) electrons. The van der Waals surface area contributed by atoms with E-state index in [1.165, 1.54) is 41.0 Å². The Labute approximate surface area is 169 Å². The van der Waals surface area contributed by atoms with Crippen molar-refractivity contribution < 1.29 is 14.3 Å². The van der Waals surface area contributed by atoms with Crippen molar-refractivity contribution in [3.05, 3.63) is 81.5 Å². The van der Waals surface area contributed by atoms with Gasteiger partial charge in [0, 0.05) is 10.4 Å². The van der Waals surface area contributed by atoms with E-state index in [4.69, 9.17) is 4.74 Å². The molecule has 0 unspecified atom stereocenters. The highest BCUT2D eigenvalue weighted by atomic mass is 32.1. The lowest BCUT2D eigenvalue weighted by atomic mass is 10.0. The number of fused-ring (bicyclic) bond motifs is 1. The molecule has 0 amide bonds. The second-order valence-corrected chi connectivity index (χ2v) is 8.20. The van der Waals surface area contributed by atoms with E-state index < -0.39 is 5.97 Å². The van der Waals surface area contributed by atoms with Gasteiger partial charge in [-0.05, 0) is 48.4 Å². The molecule has 4 heteroatoms. The SMILES string of the molecule is O=C(COC(=O)c1cc2c(s1)CCCCC2)c1ccc(-c2ccccc2)cc1. The molecule has 1 heterocycles. The number of Topliss-reactive ketones (excluding diaryl/α,β-unsaturated/α-hetero) is 1. The Kier molecular flexibility index (Phi) is 5.68. The van der Waals surface area contributed by atoms with Gasteiger partial charge in [0.25, 0.3) is 0 Å². The number of benzene rings is 2. The summed E-state index contributed by atoms with van der Waals surface area (Å²) in [4.78, 5) is 26.7. The van der Waals surface area contributed by atoms with Crippen LogP contribution in [0.25, 0.3) is 11.1 Å². The number of hydrogen-bond acceptors (Lipinski definition) is 4. The zero-order valence-electron chi connectivity index (χ0n) is 15.6. The summed E-state index contributed by atoms with van der Waals surface area (Å²) in [5, 5.41) is 0. The van der Waals surface area contributed by atoms with Crippen LogP contribution in [0, 0.1) is 0 Å². The van der Waals surface area contributed by atoms with E-state index in [2.05, 4.69) is 0 Å². The summed E-state index contributed by atoms with van der Waals surface area (Å²) in [6, 6.07) is 19.4. The molecule has 0 N–H and O–H groups in total. The number of esters is 1. The Morgan fingerprint density at radius 1 is 0.857 bits per heavy atom. The monoisotopic (exact) mass is 390 g/mol. The molecular weight excluding hydrogens is 368 g/mol. The molecule has 0 saturated carbocycles. The Balaban J connectivity index is 1.37. The minimum atomic E-state index is -0.396. The van der Waals surface area contributed by atoms with E-state index in [9.17, 15) is 9.59 Å². The van der Waals surface area contributed by atoms with E-state index >= 15 is 0 Å². The number of hydrogen-bond donors (Lipinski definition) is 0. The summed E-state index contributed by atoms with van der Waals surface area (Å²) in [7, 11) is 0. The molecule has 142 valence electrons. The van der Waals surface area contributed by atoms with Crippen LogP contribution in [0.3, 0.4) is 0 Å². The van der Waals surface area contributed by atoms with Gasteiger partial charge in [-0.2, -0.15) is 0 Å². The molecule has 0 atom stereocenters. The fraction of sp³-hybridized carbons (Fsp3) is 0.250. The van der Waals surface area contributed by atoms with Gasteiger partial charge < -0.3 is 4.74 Å². The van der Waals surface area contributed by atoms with Gasteiger partial charge in [0.15, 0.2) is 12.4 Å². The van der Waals surface area contributed by atoms with Gasteiger partial charge in [-0.1, -0.05) is 61.0 Å². The van der Waals surface area contributed by atoms with Crippen LogP contribution in [-0.2, 0) is 17.6 Å². The predicted octanol–water partition coefficient (Wildman–Crippen LogP) is 5.72. The normalized spacial score (nSPS) is 13.4. The maximum absolute atomic E-state index is 12.4. The van der Waals surface area contributed by atoms with Gasteiger partial charge >= 0.3 is 5.97 Å². The number of ether oxygens (including phenoxy) is 1. The average molecular weight is 391 g/mol. The number of ketones is 1. The minimum absolute atomic E-state index is 0.189. The molecule has 1 aliphatic carbocycles. The zero-order chi connectivity index (χ0) is 19.3. The first-order valence-corrected chi connectivity index (χ1v) is 10.5. The standard InChI is InChI=1S/C24H22O3S/c25-21(19-13-11-18(12-14-19)17-7-3-1-4-8-17)16-27-24(26)23-15-20-9-5-2-6-10-22(20)28-23/h1,3-4,7-8,11-15H,2,5-6,9-10,16H2. The smallest absolute Gasteiger partial charge is 0.348 e. The van der Waals surface area contributed by atoms with Crippen LogP contribution >= 0.6 is 11.3 Å². The molecule has 0 aliphatic heterocycles. The maximum Gasteiger partial charge on any atom is 0.348 e. The molecule has 1 aliphatic rings. The first-order valence-electron chi connectivity index (χ1n) is 9.68. The Bertz CT molecular complexity index is 947. The first kappa shape index (κ1) is 18.6. The summed E-state index contributed by atoms with van der Waals surface area (Å²) < 4.78 is 5.29. The van der Waals surface area contributed by atoms with E-state index in [-0.39, 0.29) is 12.4 Å². The summed E-state index contributed by atoms with van der Waals surface area (Å²) in [6.45, 7) is -0.230. The number of carbonyl (C=O) groups is 2. The van der Waals surface area contributed by atoms with E-state index in [1.54, 1.807) is 12.1 Å². The number of aryl methyl sites for hydroxylation is 2. The van der Waals surface area contributed by atoms with Crippen molar-refractivity contribution in [2.45, 2.75) is 32.1 Å². The van der Waals surface area contributed by atoms with Crippen molar-refractivity contribution in [2.24, 2.45) is 0 Å². The predicted molar refractivity (Wildman–Crippen MR) is 112 cm³/mol. The molecule has 3 aromatic rings. The van der Waals surface area contributed by atoms with Gasteiger partial charge in [0.05, 0.1) is 0 Å². The lowest BCUT2D eigenvalue weighted by molar-refractivity contribution is 0.0479. The second kappa shape index (κ2) is 8.53. The van der Waals surface area contributed by atoms with Gasteiger partial charge in [-0.3, -0.25) is 4.79 Å². The molecule has 0 bridgehead atoms. The molecule has 2 aromatic carbocycles. The summed E-state index contributed by atoms with van der Waals surface area (Å²) in [5.74, 6) is -0.585. The fourth-order valence-electron chi connectivity index (χ4n) is 3.53. The Hall–Kier alpha value is -2.72. The first-order chi connectivity index (χ1) is 13.7. The molecule has 0 spiro atoms. The van der Waals surface area contributed by atoms with Crippen LogP contribution in [0.4, 0.5) is 0 Å². The summed E-state index contributed by atoms with van der Waals surface area (Å²) in [6.07, 6.45) is 5.68. The van der Waals surface area contributed by atoms with Crippen LogP contribution in [0.5, 0.6) is 0 Å². The highest BCUT2D eigenvalue weighted by Crippen LogP contribution is 2.29. The molecule has 0 saturated heterocycles. The minimum Gasteiger partial charge on any atom is -0.453 e. The van der Waals surface area contributed by atoms with E-state index in [0.29, 0.717) is 10.4 Å². The Morgan fingerprint density at radius 3 is 2.36 bits per heavy atom. The topological polar surface area (TPSA) is 43.4 Å². The van der Waals surface area contributed by atoms with Crippen LogP contribution < -0.4 is 0 Å². The van der Waals surface area contributed by atoms with Crippen molar-refractivity contribution in [1.82, 2.24) is 0 Å². The van der Waals surface area contributed by atoms with Crippen molar-refractivity contribution in [3.63, 3.8) is 0 Å². The van der Waals surface area contributed by atoms with Crippen LogP contribution in [0.2, 0.25) is 0 Å². The average Bonchev–Trinajstić information content (AvgIpc) is 3.03. The van der Waals surface area contributed by atoms with Crippen LogP contribution in [0.1, 0.15) is 49.7 Å². The van der Waals surface area contributed by atoms with Gasteiger partial charge in [0.2, 0.25) is 0 Å². The van der Waals surface area contributed by atoms with Crippen molar-refractivity contribution in [1.29, 1.82) is 0 Å². The highest BCUT2D eigenvalue weighted by molar-refractivity contribution is 7.14.